The second kappa shape index (κ2) is 13.9. The van der Waals surface area contributed by atoms with Crippen LogP contribution in [0.5, 0.6) is 5.75 Å². The number of carbonyl (C=O) groups excluding carboxylic acids is 2. The molecule has 1 unspecified atom stereocenters. The lowest BCUT2D eigenvalue weighted by molar-refractivity contribution is -0.141. The Morgan fingerprint density at radius 2 is 1.51 bits per heavy atom. The second-order valence-electron chi connectivity index (χ2n) is 10.1. The summed E-state index contributed by atoms with van der Waals surface area (Å²) >= 11 is 1.73. The zero-order chi connectivity index (χ0) is 26.7. The van der Waals surface area contributed by atoms with E-state index >= 15 is 0 Å². The Hall–Kier alpha value is -3.25. The van der Waals surface area contributed by atoms with Gasteiger partial charge in [0.2, 0.25) is 11.8 Å². The van der Waals surface area contributed by atoms with Crippen molar-refractivity contribution >= 4 is 23.6 Å². The SMILES string of the molecule is COc1cccc(CN(C(=O)CCSCc2ccccc2)C(Cc2ccccc2)C(=O)NC(C)(C)C)c1. The Morgan fingerprint density at radius 1 is 0.892 bits per heavy atom. The molecule has 2 amide bonds. The molecule has 6 heteroatoms. The fraction of sp³-hybridized carbons (Fsp3) is 0.355. The maximum Gasteiger partial charge on any atom is 0.243 e. The number of hydrogen-bond donors (Lipinski definition) is 1. The van der Waals surface area contributed by atoms with Crippen LogP contribution in [0.3, 0.4) is 0 Å². The summed E-state index contributed by atoms with van der Waals surface area (Å²) in [6, 6.07) is 27.2. The summed E-state index contributed by atoms with van der Waals surface area (Å²) in [5.74, 6) is 2.07. The minimum absolute atomic E-state index is 0.0339. The minimum atomic E-state index is -0.639. The number of nitrogens with one attached hydrogen (secondary N) is 1. The number of nitrogens with zero attached hydrogens (tertiary/aromatic N) is 1. The first-order valence-electron chi connectivity index (χ1n) is 12.6. The Kier molecular flexibility index (Phi) is 10.6. The van der Waals surface area contributed by atoms with Crippen LogP contribution in [0.4, 0.5) is 0 Å². The molecule has 0 radical (unpaired) electrons. The van der Waals surface area contributed by atoms with E-state index in [4.69, 9.17) is 4.74 Å². The lowest BCUT2D eigenvalue weighted by Crippen LogP contribution is -2.54. The Labute approximate surface area is 225 Å². The van der Waals surface area contributed by atoms with Gasteiger partial charge in [0.05, 0.1) is 7.11 Å². The van der Waals surface area contributed by atoms with Crippen molar-refractivity contribution in [2.24, 2.45) is 0 Å². The number of hydrogen-bond acceptors (Lipinski definition) is 4. The first kappa shape index (κ1) is 28.3. The van der Waals surface area contributed by atoms with Crippen LogP contribution < -0.4 is 10.1 Å². The molecule has 0 saturated heterocycles. The van der Waals surface area contributed by atoms with Crippen molar-refractivity contribution in [3.05, 3.63) is 102 Å². The first-order chi connectivity index (χ1) is 17.7. The average Bonchev–Trinajstić information content (AvgIpc) is 2.89. The smallest absolute Gasteiger partial charge is 0.243 e. The van der Waals surface area contributed by atoms with E-state index in [1.54, 1.807) is 23.8 Å². The standard InChI is InChI=1S/C31H38N2O3S/c1-31(2,3)32-30(35)28(21-24-12-7-5-8-13-24)33(22-26-16-11-17-27(20-26)36-4)29(34)18-19-37-23-25-14-9-6-10-15-25/h5-17,20,28H,18-19,21-23H2,1-4H3,(H,32,35). The lowest BCUT2D eigenvalue weighted by Gasteiger charge is -2.34. The summed E-state index contributed by atoms with van der Waals surface area (Å²) in [6.45, 7) is 6.20. The van der Waals surface area contributed by atoms with E-state index in [1.165, 1.54) is 5.56 Å². The van der Waals surface area contributed by atoms with Gasteiger partial charge in [-0.3, -0.25) is 9.59 Å². The number of carbonyl (C=O) groups is 2. The Bertz CT molecular complexity index is 1130. The highest BCUT2D eigenvalue weighted by Gasteiger charge is 2.32. The van der Waals surface area contributed by atoms with Crippen LogP contribution in [-0.4, -0.2) is 41.2 Å². The molecule has 0 bridgehead atoms. The van der Waals surface area contributed by atoms with Crippen molar-refractivity contribution in [3.8, 4) is 5.75 Å². The molecule has 0 heterocycles. The fourth-order valence-electron chi connectivity index (χ4n) is 4.04. The van der Waals surface area contributed by atoms with Gasteiger partial charge in [0.25, 0.3) is 0 Å². The summed E-state index contributed by atoms with van der Waals surface area (Å²) in [5, 5.41) is 3.11. The van der Waals surface area contributed by atoms with Crippen LogP contribution in [0.1, 0.15) is 43.9 Å². The Morgan fingerprint density at radius 3 is 2.14 bits per heavy atom. The van der Waals surface area contributed by atoms with E-state index in [0.717, 1.165) is 22.6 Å². The van der Waals surface area contributed by atoms with Crippen molar-refractivity contribution < 1.29 is 14.3 Å². The third kappa shape index (κ3) is 9.62. The highest BCUT2D eigenvalue weighted by Crippen LogP contribution is 2.21. The molecule has 37 heavy (non-hydrogen) atoms. The van der Waals surface area contributed by atoms with Gasteiger partial charge in [-0.25, -0.2) is 0 Å². The normalized spacial score (nSPS) is 12.0. The summed E-state index contributed by atoms with van der Waals surface area (Å²) in [6.07, 6.45) is 0.797. The maximum absolute atomic E-state index is 13.7. The monoisotopic (exact) mass is 518 g/mol. The van der Waals surface area contributed by atoms with Crippen molar-refractivity contribution in [3.63, 3.8) is 0 Å². The minimum Gasteiger partial charge on any atom is -0.497 e. The molecule has 0 fully saturated rings. The van der Waals surface area contributed by atoms with Gasteiger partial charge in [-0.05, 0) is 49.6 Å². The summed E-state index contributed by atoms with van der Waals surface area (Å²) < 4.78 is 5.40. The molecule has 196 valence electrons. The molecule has 0 aliphatic carbocycles. The summed E-state index contributed by atoms with van der Waals surface area (Å²) in [4.78, 5) is 29.1. The predicted octanol–water partition coefficient (Wildman–Crippen LogP) is 5.87. The quantitative estimate of drug-likeness (QED) is 0.305. The van der Waals surface area contributed by atoms with Crippen molar-refractivity contribution in [1.82, 2.24) is 10.2 Å². The number of ether oxygens (including phenoxy) is 1. The third-order valence-electron chi connectivity index (χ3n) is 5.83. The van der Waals surface area contributed by atoms with Gasteiger partial charge in [0.15, 0.2) is 0 Å². The van der Waals surface area contributed by atoms with Gasteiger partial charge >= 0.3 is 0 Å². The van der Waals surface area contributed by atoms with Crippen molar-refractivity contribution in [2.45, 2.75) is 57.5 Å². The molecule has 3 aromatic rings. The van der Waals surface area contributed by atoms with Gasteiger partial charge in [0.1, 0.15) is 11.8 Å². The number of thioether (sulfide) groups is 1. The van der Waals surface area contributed by atoms with Gasteiger partial charge in [-0.15, -0.1) is 0 Å². The van der Waals surface area contributed by atoms with Crippen molar-refractivity contribution in [2.75, 3.05) is 12.9 Å². The summed E-state index contributed by atoms with van der Waals surface area (Å²) in [7, 11) is 1.63. The lowest BCUT2D eigenvalue weighted by atomic mass is 10.0. The number of benzene rings is 3. The van der Waals surface area contributed by atoms with Crippen LogP contribution >= 0.6 is 11.8 Å². The zero-order valence-electron chi connectivity index (χ0n) is 22.3. The number of rotatable bonds is 12. The molecule has 0 aliphatic heterocycles. The number of methoxy groups -OCH3 is 1. The molecule has 0 aliphatic rings. The maximum atomic E-state index is 13.7. The molecule has 1 atom stereocenters. The Balaban J connectivity index is 1.84. The van der Waals surface area contributed by atoms with Crippen LogP contribution in [0.15, 0.2) is 84.9 Å². The molecule has 0 spiro atoms. The van der Waals surface area contributed by atoms with E-state index in [0.29, 0.717) is 25.1 Å². The van der Waals surface area contributed by atoms with Gasteiger partial charge in [-0.1, -0.05) is 72.8 Å². The van der Waals surface area contributed by atoms with E-state index in [1.807, 2.05) is 93.6 Å². The van der Waals surface area contributed by atoms with E-state index in [9.17, 15) is 9.59 Å². The fourth-order valence-corrected chi connectivity index (χ4v) is 4.93. The average molecular weight is 519 g/mol. The first-order valence-corrected chi connectivity index (χ1v) is 13.8. The van der Waals surface area contributed by atoms with Gasteiger partial charge in [0, 0.05) is 36.4 Å². The molecule has 0 saturated carbocycles. The molecule has 1 N–H and O–H groups in total. The van der Waals surface area contributed by atoms with Gasteiger partial charge < -0.3 is 15.0 Å². The van der Waals surface area contributed by atoms with E-state index < -0.39 is 11.6 Å². The number of amides is 2. The van der Waals surface area contributed by atoms with E-state index in [-0.39, 0.29) is 11.8 Å². The largest absolute Gasteiger partial charge is 0.497 e. The van der Waals surface area contributed by atoms with Crippen LogP contribution in [0.2, 0.25) is 0 Å². The molecular formula is C31H38N2O3S. The molecule has 0 aromatic heterocycles. The predicted molar refractivity (Wildman–Crippen MR) is 153 cm³/mol. The zero-order valence-corrected chi connectivity index (χ0v) is 23.1. The molecule has 3 rings (SSSR count). The van der Waals surface area contributed by atoms with E-state index in [2.05, 4.69) is 17.4 Å². The van der Waals surface area contributed by atoms with Crippen LogP contribution in [0, 0.1) is 0 Å². The molecule has 3 aromatic carbocycles. The highest BCUT2D eigenvalue weighted by atomic mass is 32.2. The van der Waals surface area contributed by atoms with Crippen molar-refractivity contribution in [1.29, 1.82) is 0 Å². The summed E-state index contributed by atoms with van der Waals surface area (Å²) in [5.41, 5.74) is 2.76. The topological polar surface area (TPSA) is 58.6 Å². The van der Waals surface area contributed by atoms with Crippen LogP contribution in [0.25, 0.3) is 0 Å². The van der Waals surface area contributed by atoms with Crippen LogP contribution in [-0.2, 0) is 28.3 Å². The third-order valence-corrected chi connectivity index (χ3v) is 6.86. The highest BCUT2D eigenvalue weighted by molar-refractivity contribution is 7.98. The molecular weight excluding hydrogens is 480 g/mol. The second-order valence-corrected chi connectivity index (χ2v) is 11.2. The molecule has 5 nitrogen and oxygen atoms in total. The van der Waals surface area contributed by atoms with Gasteiger partial charge in [-0.2, -0.15) is 11.8 Å².